The lowest BCUT2D eigenvalue weighted by atomic mass is 10.1. The maximum atomic E-state index is 13.5. The molecule has 1 aromatic heterocycles. The normalized spacial score (nSPS) is 11.2. The molecule has 11 heteroatoms. The third kappa shape index (κ3) is 7.41. The molecule has 0 spiro atoms. The molecule has 1 heterocycles. The first-order valence-electron chi connectivity index (χ1n) is 11.9. The topological polar surface area (TPSA) is 123 Å². The summed E-state index contributed by atoms with van der Waals surface area (Å²) in [5, 5.41) is 0.660. The third-order valence-corrected chi connectivity index (χ3v) is 7.83. The second kappa shape index (κ2) is 12.4. The Hall–Kier alpha value is -3.79. The Kier molecular flexibility index (Phi) is 8.96. The Morgan fingerprint density at radius 3 is 2.33 bits per heavy atom. The molecule has 0 saturated carbocycles. The Labute approximate surface area is 236 Å². The van der Waals surface area contributed by atoms with Gasteiger partial charge in [0.15, 0.2) is 0 Å². The Bertz CT molecular complexity index is 1570. The third-order valence-electron chi connectivity index (χ3n) is 5.88. The molecule has 4 rings (SSSR count). The fourth-order valence-corrected chi connectivity index (χ4v) is 5.41. The molecule has 4 aromatic rings. The second-order valence-corrected chi connectivity index (χ2v) is 11.3. The molecule has 2 amide bonds. The van der Waals surface area contributed by atoms with Gasteiger partial charge in [0.1, 0.15) is 5.76 Å². The van der Waals surface area contributed by atoms with Crippen molar-refractivity contribution in [3.8, 4) is 0 Å². The largest absolute Gasteiger partial charge is 0.467 e. The van der Waals surface area contributed by atoms with Crippen LogP contribution in [0.25, 0.3) is 0 Å². The number of nitrogens with one attached hydrogen (secondary N) is 1. The zero-order valence-electron chi connectivity index (χ0n) is 20.6. The van der Waals surface area contributed by atoms with Gasteiger partial charge in [0.2, 0.25) is 5.91 Å². The standard InChI is InChI=1S/C28H25Cl2N3O5S/c29-21-10-13-26(32-39(36,37)23-11-7-19(8-12-23)9-14-27(31)34)20(16-21)17-33(18-22-4-3-15-38-22)28(35)24-5-1-2-6-25(24)30/h1-8,10-13,15-16,32H,9,14,17-18H2,(H2,31,34). The molecular formula is C28H25Cl2N3O5S. The van der Waals surface area contributed by atoms with Crippen LogP contribution < -0.4 is 10.5 Å². The summed E-state index contributed by atoms with van der Waals surface area (Å²) >= 11 is 12.6. The van der Waals surface area contributed by atoms with Crippen LogP contribution in [0.15, 0.2) is 94.4 Å². The number of benzene rings is 3. The van der Waals surface area contributed by atoms with Crippen LogP contribution in [0.5, 0.6) is 0 Å². The molecule has 0 aliphatic carbocycles. The first-order chi connectivity index (χ1) is 18.6. The van der Waals surface area contributed by atoms with Crippen molar-refractivity contribution in [1.29, 1.82) is 0 Å². The van der Waals surface area contributed by atoms with Crippen molar-refractivity contribution in [3.05, 3.63) is 118 Å². The molecule has 0 fully saturated rings. The van der Waals surface area contributed by atoms with Crippen LogP contribution in [-0.2, 0) is 34.3 Å². The van der Waals surface area contributed by atoms with Gasteiger partial charge in [-0.25, -0.2) is 8.42 Å². The zero-order chi connectivity index (χ0) is 28.0. The molecule has 0 saturated heterocycles. The highest BCUT2D eigenvalue weighted by atomic mass is 35.5. The number of anilines is 1. The van der Waals surface area contributed by atoms with E-state index in [9.17, 15) is 18.0 Å². The number of amides is 2. The minimum absolute atomic E-state index is 0.00915. The van der Waals surface area contributed by atoms with E-state index in [2.05, 4.69) is 4.72 Å². The summed E-state index contributed by atoms with van der Waals surface area (Å²) in [6.07, 6.45) is 2.08. The lowest BCUT2D eigenvalue weighted by Gasteiger charge is -2.24. The van der Waals surface area contributed by atoms with Gasteiger partial charge in [-0.2, -0.15) is 0 Å². The summed E-state index contributed by atoms with van der Waals surface area (Å²) in [4.78, 5) is 26.1. The van der Waals surface area contributed by atoms with E-state index in [4.69, 9.17) is 33.4 Å². The van der Waals surface area contributed by atoms with Gasteiger partial charge in [-0.3, -0.25) is 14.3 Å². The van der Waals surface area contributed by atoms with E-state index < -0.39 is 15.9 Å². The first-order valence-corrected chi connectivity index (χ1v) is 14.1. The minimum Gasteiger partial charge on any atom is -0.467 e. The molecule has 0 radical (unpaired) electrons. The molecular weight excluding hydrogens is 561 g/mol. The molecule has 0 aliphatic heterocycles. The number of sulfonamides is 1. The van der Waals surface area contributed by atoms with Crippen molar-refractivity contribution in [3.63, 3.8) is 0 Å². The van der Waals surface area contributed by atoms with E-state index in [-0.39, 0.29) is 36.0 Å². The summed E-state index contributed by atoms with van der Waals surface area (Å²) in [5.41, 5.74) is 7.00. The van der Waals surface area contributed by atoms with Gasteiger partial charge < -0.3 is 15.1 Å². The van der Waals surface area contributed by atoms with E-state index in [0.717, 1.165) is 5.56 Å². The SMILES string of the molecule is NC(=O)CCc1ccc(S(=O)(=O)Nc2ccc(Cl)cc2CN(Cc2ccco2)C(=O)c2ccccc2Cl)cc1. The minimum atomic E-state index is -3.99. The summed E-state index contributed by atoms with van der Waals surface area (Å²) in [6, 6.07) is 21.0. The number of nitrogens with two attached hydrogens (primary N) is 1. The van der Waals surface area contributed by atoms with Crippen molar-refractivity contribution < 1.29 is 22.4 Å². The molecule has 0 unspecified atom stereocenters. The van der Waals surface area contributed by atoms with Gasteiger partial charge >= 0.3 is 0 Å². The van der Waals surface area contributed by atoms with E-state index in [1.54, 1.807) is 66.7 Å². The maximum Gasteiger partial charge on any atom is 0.261 e. The molecule has 8 nitrogen and oxygen atoms in total. The van der Waals surface area contributed by atoms with Gasteiger partial charge in [0.25, 0.3) is 15.9 Å². The summed E-state index contributed by atoms with van der Waals surface area (Å²) in [7, 11) is -3.99. The number of aryl methyl sites for hydroxylation is 1. The fraction of sp³-hybridized carbons (Fsp3) is 0.143. The van der Waals surface area contributed by atoms with Crippen molar-refractivity contribution in [2.24, 2.45) is 5.73 Å². The molecule has 39 heavy (non-hydrogen) atoms. The summed E-state index contributed by atoms with van der Waals surface area (Å²) in [5.74, 6) is -0.258. The highest BCUT2D eigenvalue weighted by Crippen LogP contribution is 2.28. The van der Waals surface area contributed by atoms with Gasteiger partial charge in [0, 0.05) is 18.0 Å². The number of carbonyl (C=O) groups excluding carboxylic acids is 2. The van der Waals surface area contributed by atoms with Crippen LogP contribution in [0, 0.1) is 0 Å². The Morgan fingerprint density at radius 1 is 0.923 bits per heavy atom. The number of carbonyl (C=O) groups is 2. The Morgan fingerprint density at radius 2 is 1.67 bits per heavy atom. The van der Waals surface area contributed by atoms with Crippen LogP contribution in [0.4, 0.5) is 5.69 Å². The first kappa shape index (κ1) is 28.2. The van der Waals surface area contributed by atoms with E-state index in [1.165, 1.54) is 23.3 Å². The molecule has 202 valence electrons. The van der Waals surface area contributed by atoms with Crippen LogP contribution in [0.2, 0.25) is 10.0 Å². The summed E-state index contributed by atoms with van der Waals surface area (Å²) < 4.78 is 34.5. The quantitative estimate of drug-likeness (QED) is 0.235. The second-order valence-electron chi connectivity index (χ2n) is 8.74. The lowest BCUT2D eigenvalue weighted by Crippen LogP contribution is -2.30. The van der Waals surface area contributed by atoms with Gasteiger partial charge in [-0.05, 0) is 72.1 Å². The average molecular weight is 586 g/mol. The number of nitrogens with zero attached hydrogens (tertiary/aromatic N) is 1. The lowest BCUT2D eigenvalue weighted by molar-refractivity contribution is -0.118. The van der Waals surface area contributed by atoms with Crippen molar-refractivity contribution in [2.45, 2.75) is 30.8 Å². The number of hydrogen-bond acceptors (Lipinski definition) is 5. The smallest absolute Gasteiger partial charge is 0.261 e. The van der Waals surface area contributed by atoms with Crippen LogP contribution >= 0.6 is 23.2 Å². The molecule has 0 aliphatic rings. The number of primary amides is 1. The van der Waals surface area contributed by atoms with Crippen molar-refractivity contribution in [1.82, 2.24) is 4.90 Å². The predicted molar refractivity (Wildman–Crippen MR) is 150 cm³/mol. The van der Waals surface area contributed by atoms with E-state index in [1.807, 2.05) is 0 Å². The highest BCUT2D eigenvalue weighted by Gasteiger charge is 2.23. The summed E-state index contributed by atoms with van der Waals surface area (Å²) in [6.45, 7) is 0.123. The van der Waals surface area contributed by atoms with Crippen molar-refractivity contribution in [2.75, 3.05) is 4.72 Å². The molecule has 3 N–H and O–H groups in total. The maximum absolute atomic E-state index is 13.5. The van der Waals surface area contributed by atoms with Gasteiger partial charge in [-0.15, -0.1) is 0 Å². The monoisotopic (exact) mass is 585 g/mol. The van der Waals surface area contributed by atoms with Crippen LogP contribution in [-0.4, -0.2) is 25.1 Å². The number of rotatable bonds is 11. The zero-order valence-corrected chi connectivity index (χ0v) is 23.0. The highest BCUT2D eigenvalue weighted by molar-refractivity contribution is 7.92. The van der Waals surface area contributed by atoms with Crippen LogP contribution in [0.1, 0.15) is 33.7 Å². The van der Waals surface area contributed by atoms with Crippen molar-refractivity contribution >= 4 is 50.7 Å². The van der Waals surface area contributed by atoms with Gasteiger partial charge in [0.05, 0.1) is 34.0 Å². The fourth-order valence-electron chi connectivity index (χ4n) is 3.90. The Balaban J connectivity index is 1.62. The van der Waals surface area contributed by atoms with E-state index in [0.29, 0.717) is 33.4 Å². The average Bonchev–Trinajstić information content (AvgIpc) is 3.42. The number of furan rings is 1. The number of halogens is 2. The molecule has 3 aromatic carbocycles. The van der Waals surface area contributed by atoms with E-state index >= 15 is 0 Å². The molecule has 0 atom stereocenters. The number of hydrogen-bond donors (Lipinski definition) is 2. The predicted octanol–water partition coefficient (Wildman–Crippen LogP) is 5.65. The van der Waals surface area contributed by atoms with Crippen LogP contribution in [0.3, 0.4) is 0 Å². The van der Waals surface area contributed by atoms with Gasteiger partial charge in [-0.1, -0.05) is 47.5 Å². The molecule has 0 bridgehead atoms.